The molecule has 0 amide bonds. The number of H-pyrrole nitrogens is 1. The van der Waals surface area contributed by atoms with Crippen LogP contribution in [0.2, 0.25) is 0 Å². The van der Waals surface area contributed by atoms with Crippen molar-refractivity contribution in [1.29, 1.82) is 0 Å². The van der Waals surface area contributed by atoms with Crippen molar-refractivity contribution in [3.8, 4) is 0 Å². The Morgan fingerprint density at radius 1 is 1.35 bits per heavy atom. The molecule has 0 spiro atoms. The fourth-order valence-corrected chi connectivity index (χ4v) is 3.90. The lowest BCUT2D eigenvalue weighted by Gasteiger charge is -2.21. The van der Waals surface area contributed by atoms with E-state index in [-0.39, 0.29) is 0 Å². The summed E-state index contributed by atoms with van der Waals surface area (Å²) in [4.78, 5) is 7.59. The van der Waals surface area contributed by atoms with Crippen LogP contribution >= 0.6 is 0 Å². The number of rotatable bonds is 6. The maximum Gasteiger partial charge on any atom is 0.0923 e. The van der Waals surface area contributed by atoms with Gasteiger partial charge in [-0.2, -0.15) is 0 Å². The van der Waals surface area contributed by atoms with Crippen LogP contribution in [0, 0.1) is 11.8 Å². The van der Waals surface area contributed by atoms with Crippen molar-refractivity contribution in [2.75, 3.05) is 0 Å². The van der Waals surface area contributed by atoms with Crippen LogP contribution in [-0.4, -0.2) is 9.97 Å². The molecule has 1 aromatic heterocycles. The zero-order valence-electron chi connectivity index (χ0n) is 12.8. The smallest absolute Gasteiger partial charge is 0.0923 e. The number of hydrogen-bond donors (Lipinski definition) is 1. The molecule has 0 bridgehead atoms. The van der Waals surface area contributed by atoms with E-state index < -0.39 is 0 Å². The van der Waals surface area contributed by atoms with Gasteiger partial charge in [0, 0.05) is 11.6 Å². The Bertz CT molecular complexity index is 422. The van der Waals surface area contributed by atoms with Crippen LogP contribution in [0.25, 0.3) is 0 Å². The third-order valence-corrected chi connectivity index (χ3v) is 5.56. The minimum Gasteiger partial charge on any atom is -0.351 e. The van der Waals surface area contributed by atoms with Crippen molar-refractivity contribution in [3.63, 3.8) is 0 Å². The zero-order valence-corrected chi connectivity index (χ0v) is 12.8. The second-order valence-electron chi connectivity index (χ2n) is 6.91. The lowest BCUT2D eigenvalue weighted by Crippen LogP contribution is -2.16. The van der Waals surface area contributed by atoms with Crippen molar-refractivity contribution < 1.29 is 0 Å². The van der Waals surface area contributed by atoms with Crippen LogP contribution in [0.3, 0.4) is 0 Å². The van der Waals surface area contributed by atoms with Crippen molar-refractivity contribution in [1.82, 2.24) is 9.97 Å². The molecule has 3 rings (SSSR count). The third-order valence-electron chi connectivity index (χ3n) is 5.56. The molecule has 0 aromatic carbocycles. The molecule has 2 aliphatic rings. The first-order valence-corrected chi connectivity index (χ1v) is 8.47. The molecule has 2 aliphatic carbocycles. The van der Waals surface area contributed by atoms with Crippen LogP contribution in [0.1, 0.15) is 70.4 Å². The fourth-order valence-electron chi connectivity index (χ4n) is 3.90. The molecule has 1 atom stereocenters. The molecular formula is C18H28N2. The molecule has 0 radical (unpaired) electrons. The average Bonchev–Trinajstić information content (AvgIpc) is 3.12. The fraction of sp³-hybridized carbons (Fsp3) is 0.722. The van der Waals surface area contributed by atoms with Crippen LogP contribution in [0.4, 0.5) is 0 Å². The molecule has 0 aliphatic heterocycles. The maximum absolute atomic E-state index is 4.48. The summed E-state index contributed by atoms with van der Waals surface area (Å²) in [5.74, 6) is 1.63. The molecule has 110 valence electrons. The van der Waals surface area contributed by atoms with Gasteiger partial charge in [-0.1, -0.05) is 51.2 Å². The van der Waals surface area contributed by atoms with Gasteiger partial charge < -0.3 is 4.98 Å². The molecule has 20 heavy (non-hydrogen) atoms. The van der Waals surface area contributed by atoms with Crippen LogP contribution in [0.15, 0.2) is 24.7 Å². The third kappa shape index (κ3) is 2.99. The van der Waals surface area contributed by atoms with E-state index in [0.717, 1.165) is 5.92 Å². The van der Waals surface area contributed by atoms with Crippen LogP contribution < -0.4 is 0 Å². The monoisotopic (exact) mass is 272 g/mol. The number of aromatic amines is 1. The number of imidazole rings is 1. The molecule has 0 saturated heterocycles. The van der Waals surface area contributed by atoms with Gasteiger partial charge in [-0.05, 0) is 37.5 Å². The lowest BCUT2D eigenvalue weighted by molar-refractivity contribution is 0.341. The average molecular weight is 272 g/mol. The van der Waals surface area contributed by atoms with Gasteiger partial charge in [0.05, 0.1) is 12.0 Å². The van der Waals surface area contributed by atoms with Gasteiger partial charge in [0.2, 0.25) is 0 Å². The quantitative estimate of drug-likeness (QED) is 0.726. The first-order valence-electron chi connectivity index (χ1n) is 8.47. The van der Waals surface area contributed by atoms with E-state index in [1.807, 2.05) is 6.33 Å². The molecule has 2 fully saturated rings. The number of allylic oxidation sites excluding steroid dienone is 2. The summed E-state index contributed by atoms with van der Waals surface area (Å²) in [6, 6.07) is 0. The minimum atomic E-state index is 0.349. The predicted molar refractivity (Wildman–Crippen MR) is 83.6 cm³/mol. The summed E-state index contributed by atoms with van der Waals surface area (Å²) in [5.41, 5.74) is 1.61. The van der Waals surface area contributed by atoms with E-state index in [1.165, 1.54) is 63.5 Å². The molecule has 2 saturated carbocycles. The number of aromatic nitrogens is 2. The van der Waals surface area contributed by atoms with Gasteiger partial charge in [-0.25, -0.2) is 4.98 Å². The normalized spacial score (nSPS) is 24.1. The highest BCUT2D eigenvalue weighted by Gasteiger charge is 2.49. The highest BCUT2D eigenvalue weighted by atomic mass is 14.9. The summed E-state index contributed by atoms with van der Waals surface area (Å²) >= 11 is 0. The number of nitrogens with zero attached hydrogens (tertiary/aromatic N) is 1. The first kappa shape index (κ1) is 13.9. The van der Waals surface area contributed by atoms with Gasteiger partial charge >= 0.3 is 0 Å². The van der Waals surface area contributed by atoms with Crippen molar-refractivity contribution in [2.45, 2.75) is 70.1 Å². The van der Waals surface area contributed by atoms with Gasteiger partial charge in [0.15, 0.2) is 0 Å². The Morgan fingerprint density at radius 2 is 2.15 bits per heavy atom. The molecule has 2 heteroatoms. The predicted octanol–water partition coefficient (Wildman–Crippen LogP) is 4.99. The van der Waals surface area contributed by atoms with E-state index in [0.29, 0.717) is 11.3 Å². The van der Waals surface area contributed by atoms with Gasteiger partial charge in [0.25, 0.3) is 0 Å². The molecule has 1 N–H and O–H groups in total. The summed E-state index contributed by atoms with van der Waals surface area (Å²) in [5, 5.41) is 0. The van der Waals surface area contributed by atoms with Crippen molar-refractivity contribution in [3.05, 3.63) is 30.4 Å². The Morgan fingerprint density at radius 3 is 2.80 bits per heavy atom. The second kappa shape index (κ2) is 6.15. The Labute approximate surface area is 123 Å². The minimum absolute atomic E-state index is 0.349. The largest absolute Gasteiger partial charge is 0.351 e. The SMILES string of the molecule is C[C@@H](/C=C/CCC1CCCCC1)C1(c2c[nH]cn2)CC1. The Balaban J connectivity index is 1.46. The van der Waals surface area contributed by atoms with Gasteiger partial charge in [-0.15, -0.1) is 0 Å². The molecule has 1 aromatic rings. The second-order valence-corrected chi connectivity index (χ2v) is 6.91. The maximum atomic E-state index is 4.48. The zero-order chi connectivity index (χ0) is 13.8. The van der Waals surface area contributed by atoms with E-state index in [2.05, 4.69) is 35.2 Å². The highest BCUT2D eigenvalue weighted by molar-refractivity contribution is 5.26. The van der Waals surface area contributed by atoms with E-state index in [1.54, 1.807) is 0 Å². The molecule has 1 heterocycles. The number of nitrogens with one attached hydrogen (secondary N) is 1. The summed E-state index contributed by atoms with van der Waals surface area (Å²) in [6.45, 7) is 2.36. The Hall–Kier alpha value is -1.05. The first-order chi connectivity index (χ1) is 9.81. The van der Waals surface area contributed by atoms with Crippen LogP contribution in [0.5, 0.6) is 0 Å². The van der Waals surface area contributed by atoms with Gasteiger partial charge in [0.1, 0.15) is 0 Å². The van der Waals surface area contributed by atoms with Crippen molar-refractivity contribution in [2.24, 2.45) is 11.8 Å². The molecule has 0 unspecified atom stereocenters. The summed E-state index contributed by atoms with van der Waals surface area (Å²) in [6.07, 6.45) is 21.4. The van der Waals surface area contributed by atoms with Crippen molar-refractivity contribution >= 4 is 0 Å². The molecule has 2 nitrogen and oxygen atoms in total. The molecular weight excluding hydrogens is 244 g/mol. The summed E-state index contributed by atoms with van der Waals surface area (Å²) in [7, 11) is 0. The number of hydrogen-bond acceptors (Lipinski definition) is 1. The standard InChI is InChI=1S/C18H28N2/c1-15(18(11-12-18)17-13-19-14-20-17)7-5-6-10-16-8-3-2-4-9-16/h5,7,13-16H,2-4,6,8-12H2,1H3,(H,19,20)/b7-5+/t15-/m0/s1. The highest BCUT2D eigenvalue weighted by Crippen LogP contribution is 2.53. The van der Waals surface area contributed by atoms with Crippen LogP contribution in [-0.2, 0) is 5.41 Å². The Kier molecular flexibility index (Phi) is 4.28. The van der Waals surface area contributed by atoms with Gasteiger partial charge in [-0.3, -0.25) is 0 Å². The summed E-state index contributed by atoms with van der Waals surface area (Å²) < 4.78 is 0. The van der Waals surface area contributed by atoms with E-state index in [9.17, 15) is 0 Å². The lowest BCUT2D eigenvalue weighted by atomic mass is 9.85. The van der Waals surface area contributed by atoms with E-state index in [4.69, 9.17) is 0 Å². The topological polar surface area (TPSA) is 28.7 Å². The van der Waals surface area contributed by atoms with E-state index >= 15 is 0 Å².